The van der Waals surface area contributed by atoms with Gasteiger partial charge in [0.25, 0.3) is 0 Å². The van der Waals surface area contributed by atoms with Gasteiger partial charge in [-0.05, 0) is 13.8 Å². The highest BCUT2D eigenvalue weighted by atomic mass is 16.7. The van der Waals surface area contributed by atoms with Crippen LogP contribution < -0.4 is 0 Å². The predicted octanol–water partition coefficient (Wildman–Crippen LogP) is 2.59. The van der Waals surface area contributed by atoms with Crippen molar-refractivity contribution in [2.24, 2.45) is 0 Å². The van der Waals surface area contributed by atoms with Gasteiger partial charge in [-0.1, -0.05) is 29.3 Å². The quantitative estimate of drug-likeness (QED) is 0.666. The van der Waals surface area contributed by atoms with Crippen LogP contribution in [0.25, 0.3) is 0 Å². The number of methoxy groups -OCH3 is 2. The van der Waals surface area contributed by atoms with E-state index in [1.165, 1.54) is 11.1 Å². The molecule has 2 nitrogen and oxygen atoms in total. The summed E-state index contributed by atoms with van der Waals surface area (Å²) in [4.78, 5) is 0. The molecule has 0 heterocycles. The average Bonchev–Trinajstić information content (AvgIpc) is 2.04. The molecule has 0 atom stereocenters. The number of hydrogen-bond donors (Lipinski definition) is 0. The van der Waals surface area contributed by atoms with E-state index in [0.29, 0.717) is 0 Å². The Morgan fingerprint density at radius 1 is 0.923 bits per heavy atom. The lowest BCUT2D eigenvalue weighted by atomic mass is 10.1. The molecular weight excluding hydrogens is 164 g/mol. The zero-order valence-electron chi connectivity index (χ0n) is 8.63. The number of aryl methyl sites for hydroxylation is 2. The van der Waals surface area contributed by atoms with Gasteiger partial charge in [-0.15, -0.1) is 0 Å². The Morgan fingerprint density at radius 3 is 1.77 bits per heavy atom. The van der Waals surface area contributed by atoms with Crippen molar-refractivity contribution < 1.29 is 9.47 Å². The summed E-state index contributed by atoms with van der Waals surface area (Å²) in [5.74, 6) is 0. The Hall–Kier alpha value is -0.860. The molecule has 0 aromatic heterocycles. The van der Waals surface area contributed by atoms with E-state index >= 15 is 0 Å². The van der Waals surface area contributed by atoms with Gasteiger partial charge in [0.2, 0.25) is 0 Å². The first kappa shape index (κ1) is 10.2. The van der Waals surface area contributed by atoms with Gasteiger partial charge in [0, 0.05) is 19.8 Å². The van der Waals surface area contributed by atoms with Crippen LogP contribution in [0.15, 0.2) is 18.2 Å². The van der Waals surface area contributed by atoms with E-state index in [9.17, 15) is 0 Å². The van der Waals surface area contributed by atoms with E-state index in [2.05, 4.69) is 32.0 Å². The van der Waals surface area contributed by atoms with Gasteiger partial charge < -0.3 is 9.47 Å². The summed E-state index contributed by atoms with van der Waals surface area (Å²) < 4.78 is 10.3. The maximum Gasteiger partial charge on any atom is 0.183 e. The number of rotatable bonds is 3. The van der Waals surface area contributed by atoms with E-state index in [1.54, 1.807) is 14.2 Å². The first-order chi connectivity index (χ1) is 6.17. The Bertz CT molecular complexity index is 257. The molecule has 0 radical (unpaired) electrons. The minimum atomic E-state index is -0.251. The van der Waals surface area contributed by atoms with Gasteiger partial charge in [0.1, 0.15) is 0 Å². The van der Waals surface area contributed by atoms with Crippen LogP contribution in [0.3, 0.4) is 0 Å². The SMILES string of the molecule is COC(OC)c1cc(C)cc(C)c1. The lowest BCUT2D eigenvalue weighted by Crippen LogP contribution is -2.04. The summed E-state index contributed by atoms with van der Waals surface area (Å²) in [6.45, 7) is 4.14. The second-order valence-electron chi connectivity index (χ2n) is 3.22. The van der Waals surface area contributed by atoms with Crippen LogP contribution in [-0.2, 0) is 9.47 Å². The lowest BCUT2D eigenvalue weighted by Gasteiger charge is -2.14. The lowest BCUT2D eigenvalue weighted by molar-refractivity contribution is -0.106. The largest absolute Gasteiger partial charge is 0.352 e. The molecule has 0 bridgehead atoms. The van der Waals surface area contributed by atoms with Crippen molar-refractivity contribution in [1.82, 2.24) is 0 Å². The summed E-state index contributed by atoms with van der Waals surface area (Å²) in [5, 5.41) is 0. The zero-order valence-corrected chi connectivity index (χ0v) is 8.63. The minimum absolute atomic E-state index is 0.251. The average molecular weight is 180 g/mol. The highest BCUT2D eigenvalue weighted by Gasteiger charge is 2.08. The molecule has 1 aromatic rings. The van der Waals surface area contributed by atoms with E-state index in [1.807, 2.05) is 0 Å². The monoisotopic (exact) mass is 180 g/mol. The number of benzene rings is 1. The maximum absolute atomic E-state index is 5.17. The fourth-order valence-electron chi connectivity index (χ4n) is 1.51. The molecule has 1 rings (SSSR count). The summed E-state index contributed by atoms with van der Waals surface area (Å²) in [5.41, 5.74) is 3.53. The Labute approximate surface area is 79.5 Å². The molecule has 0 saturated heterocycles. The smallest absolute Gasteiger partial charge is 0.183 e. The maximum atomic E-state index is 5.17. The summed E-state index contributed by atoms with van der Waals surface area (Å²) in [6, 6.07) is 6.28. The molecule has 2 heteroatoms. The molecule has 0 spiro atoms. The normalized spacial score (nSPS) is 10.8. The first-order valence-corrected chi connectivity index (χ1v) is 4.31. The van der Waals surface area contributed by atoms with Crippen LogP contribution in [0.5, 0.6) is 0 Å². The molecule has 0 amide bonds. The fourth-order valence-corrected chi connectivity index (χ4v) is 1.51. The molecule has 1 aromatic carbocycles. The van der Waals surface area contributed by atoms with Gasteiger partial charge in [-0.25, -0.2) is 0 Å². The Balaban J connectivity index is 2.99. The van der Waals surface area contributed by atoms with Crippen molar-refractivity contribution in [1.29, 1.82) is 0 Å². The topological polar surface area (TPSA) is 18.5 Å². The van der Waals surface area contributed by atoms with Gasteiger partial charge in [0.05, 0.1) is 0 Å². The van der Waals surface area contributed by atoms with Crippen LogP contribution in [0.2, 0.25) is 0 Å². The van der Waals surface area contributed by atoms with Crippen molar-refractivity contribution in [2.45, 2.75) is 20.1 Å². The second kappa shape index (κ2) is 4.40. The molecule has 0 unspecified atom stereocenters. The van der Waals surface area contributed by atoms with Crippen molar-refractivity contribution >= 4 is 0 Å². The van der Waals surface area contributed by atoms with Crippen LogP contribution in [0, 0.1) is 13.8 Å². The third kappa shape index (κ3) is 2.54. The Kier molecular flexibility index (Phi) is 3.46. The van der Waals surface area contributed by atoms with Crippen LogP contribution >= 0.6 is 0 Å². The third-order valence-corrected chi connectivity index (χ3v) is 1.94. The van der Waals surface area contributed by atoms with Gasteiger partial charge in [0.15, 0.2) is 6.29 Å². The van der Waals surface area contributed by atoms with Crippen molar-refractivity contribution in [3.05, 3.63) is 34.9 Å². The van der Waals surface area contributed by atoms with Gasteiger partial charge >= 0.3 is 0 Å². The van der Waals surface area contributed by atoms with Crippen LogP contribution in [-0.4, -0.2) is 14.2 Å². The molecular formula is C11H16O2. The zero-order chi connectivity index (χ0) is 9.84. The molecule has 0 fully saturated rings. The molecule has 13 heavy (non-hydrogen) atoms. The highest BCUT2D eigenvalue weighted by molar-refractivity contribution is 5.29. The van der Waals surface area contributed by atoms with Crippen molar-refractivity contribution in [3.8, 4) is 0 Å². The summed E-state index contributed by atoms with van der Waals surface area (Å²) in [7, 11) is 3.29. The molecule has 0 aliphatic heterocycles. The molecule has 72 valence electrons. The van der Waals surface area contributed by atoms with Crippen molar-refractivity contribution in [2.75, 3.05) is 14.2 Å². The minimum Gasteiger partial charge on any atom is -0.352 e. The predicted molar refractivity (Wildman–Crippen MR) is 52.7 cm³/mol. The van der Waals surface area contributed by atoms with Gasteiger partial charge in [-0.3, -0.25) is 0 Å². The molecule has 0 saturated carbocycles. The fraction of sp³-hybridized carbons (Fsp3) is 0.455. The van der Waals surface area contributed by atoms with E-state index in [-0.39, 0.29) is 6.29 Å². The van der Waals surface area contributed by atoms with E-state index in [0.717, 1.165) is 5.56 Å². The molecule has 0 aliphatic carbocycles. The first-order valence-electron chi connectivity index (χ1n) is 4.31. The van der Waals surface area contributed by atoms with Crippen LogP contribution in [0.4, 0.5) is 0 Å². The Morgan fingerprint density at radius 2 is 1.38 bits per heavy atom. The number of ether oxygens (including phenoxy) is 2. The van der Waals surface area contributed by atoms with Crippen LogP contribution in [0.1, 0.15) is 23.0 Å². The molecule has 0 aliphatic rings. The number of hydrogen-bond acceptors (Lipinski definition) is 2. The molecule has 0 N–H and O–H groups in total. The summed E-state index contributed by atoms with van der Waals surface area (Å²) >= 11 is 0. The third-order valence-electron chi connectivity index (χ3n) is 1.94. The standard InChI is InChI=1S/C11H16O2/c1-8-5-9(2)7-10(6-8)11(12-3)13-4/h5-7,11H,1-4H3. The highest BCUT2D eigenvalue weighted by Crippen LogP contribution is 2.19. The van der Waals surface area contributed by atoms with E-state index < -0.39 is 0 Å². The van der Waals surface area contributed by atoms with Gasteiger partial charge in [-0.2, -0.15) is 0 Å². The second-order valence-corrected chi connectivity index (χ2v) is 3.22. The summed E-state index contributed by atoms with van der Waals surface area (Å²) in [6.07, 6.45) is -0.251. The van der Waals surface area contributed by atoms with E-state index in [4.69, 9.17) is 9.47 Å². The van der Waals surface area contributed by atoms with Crippen molar-refractivity contribution in [3.63, 3.8) is 0 Å².